The van der Waals surface area contributed by atoms with Crippen LogP contribution in [0.3, 0.4) is 0 Å². The summed E-state index contributed by atoms with van der Waals surface area (Å²) in [6.07, 6.45) is 5.76. The predicted octanol–water partition coefficient (Wildman–Crippen LogP) is 4.12. The van der Waals surface area contributed by atoms with Crippen LogP contribution in [0.2, 0.25) is 0 Å². The van der Waals surface area contributed by atoms with Crippen molar-refractivity contribution in [3.63, 3.8) is 0 Å². The normalized spacial score (nSPS) is 15.5. The van der Waals surface area contributed by atoms with E-state index in [-0.39, 0.29) is 5.91 Å². The maximum atomic E-state index is 12.0. The van der Waals surface area contributed by atoms with Crippen LogP contribution in [0.25, 0.3) is 22.0 Å². The number of hydrogen-bond acceptors (Lipinski definition) is 7. The lowest BCUT2D eigenvalue weighted by molar-refractivity contribution is -0.120. The number of rotatable bonds is 5. The molecule has 172 valence electrons. The Labute approximate surface area is 202 Å². The lowest BCUT2D eigenvalue weighted by Crippen LogP contribution is -2.48. The monoisotopic (exact) mass is 461 g/mol. The van der Waals surface area contributed by atoms with Gasteiger partial charge in [-0.15, -0.1) is 0 Å². The van der Waals surface area contributed by atoms with Crippen molar-refractivity contribution >= 4 is 34.1 Å². The van der Waals surface area contributed by atoms with E-state index in [1.807, 2.05) is 11.0 Å². The van der Waals surface area contributed by atoms with E-state index in [0.717, 1.165) is 34.4 Å². The van der Waals surface area contributed by atoms with Crippen LogP contribution in [-0.2, 0) is 4.79 Å². The van der Waals surface area contributed by atoms with E-state index in [1.165, 1.54) is 18.4 Å². The molecule has 8 nitrogen and oxygen atoms in total. The zero-order valence-corrected chi connectivity index (χ0v) is 19.0. The summed E-state index contributed by atoms with van der Waals surface area (Å²) >= 11 is 0. The number of piperazine rings is 1. The largest absolute Gasteiger partial charge is 0.353 e. The quantitative estimate of drug-likeness (QED) is 0.460. The molecule has 3 aromatic heterocycles. The van der Waals surface area contributed by atoms with Crippen molar-refractivity contribution in [3.8, 4) is 17.3 Å². The highest BCUT2D eigenvalue weighted by Crippen LogP contribution is 2.42. The van der Waals surface area contributed by atoms with Crippen molar-refractivity contribution in [2.75, 3.05) is 29.9 Å². The summed E-state index contributed by atoms with van der Waals surface area (Å²) in [4.78, 5) is 27.9. The molecular formula is C27H23N7O. The SMILES string of the molecule is N#Cc1ccnc(Nc2cc(C3CC3)cc(-c3ccc4ccnc(N5CCNC(=O)C5)c4c3)n2)c1. The van der Waals surface area contributed by atoms with Gasteiger partial charge in [0.2, 0.25) is 5.91 Å². The molecule has 0 unspecified atom stereocenters. The molecule has 2 fully saturated rings. The van der Waals surface area contributed by atoms with Gasteiger partial charge in [-0.3, -0.25) is 4.79 Å². The number of nitriles is 1. The average molecular weight is 462 g/mol. The Hall–Kier alpha value is -4.51. The van der Waals surface area contributed by atoms with Gasteiger partial charge in [-0.05, 0) is 66.1 Å². The molecule has 0 bridgehead atoms. The molecule has 6 rings (SSSR count). The fraction of sp³-hybridized carbons (Fsp3) is 0.222. The number of amides is 1. The number of nitrogens with one attached hydrogen (secondary N) is 2. The lowest BCUT2D eigenvalue weighted by atomic mass is 10.0. The standard InChI is InChI=1S/C27H23N7O/c28-15-17-5-7-29-24(11-17)33-25-14-21(18-1-2-18)13-23(32-25)20-4-3-19-6-8-31-27(22(19)12-20)34-10-9-30-26(35)16-34/h3-8,11-14,18H,1-2,9-10,16H2,(H,30,35)(H,29,32,33). The van der Waals surface area contributed by atoms with E-state index < -0.39 is 0 Å². The maximum absolute atomic E-state index is 12.0. The zero-order chi connectivity index (χ0) is 23.8. The van der Waals surface area contributed by atoms with Gasteiger partial charge in [-0.1, -0.05) is 12.1 Å². The molecule has 1 aliphatic carbocycles. The average Bonchev–Trinajstić information content (AvgIpc) is 3.74. The van der Waals surface area contributed by atoms with E-state index >= 15 is 0 Å². The van der Waals surface area contributed by atoms with Gasteiger partial charge in [0.05, 0.1) is 23.9 Å². The fourth-order valence-corrected chi connectivity index (χ4v) is 4.50. The first-order chi connectivity index (χ1) is 17.2. The summed E-state index contributed by atoms with van der Waals surface area (Å²) in [7, 11) is 0. The van der Waals surface area contributed by atoms with Crippen LogP contribution >= 0.6 is 0 Å². The molecule has 1 aliphatic heterocycles. The molecule has 4 heterocycles. The summed E-state index contributed by atoms with van der Waals surface area (Å²) in [5.74, 6) is 2.65. The summed E-state index contributed by atoms with van der Waals surface area (Å²) in [6.45, 7) is 1.63. The predicted molar refractivity (Wildman–Crippen MR) is 134 cm³/mol. The van der Waals surface area contributed by atoms with Gasteiger partial charge in [0.25, 0.3) is 0 Å². The number of benzene rings is 1. The highest BCUT2D eigenvalue weighted by atomic mass is 16.2. The van der Waals surface area contributed by atoms with Crippen LogP contribution in [0.1, 0.15) is 29.9 Å². The number of fused-ring (bicyclic) bond motifs is 1. The maximum Gasteiger partial charge on any atom is 0.239 e. The van der Waals surface area contributed by atoms with E-state index in [4.69, 9.17) is 4.98 Å². The molecule has 8 heteroatoms. The van der Waals surface area contributed by atoms with E-state index in [1.54, 1.807) is 24.5 Å². The van der Waals surface area contributed by atoms with Gasteiger partial charge in [-0.2, -0.15) is 5.26 Å². The van der Waals surface area contributed by atoms with Crippen molar-refractivity contribution < 1.29 is 4.79 Å². The number of carbonyl (C=O) groups excluding carboxylic acids is 1. The third-order valence-corrected chi connectivity index (χ3v) is 6.42. The topological polar surface area (TPSA) is 107 Å². The molecule has 0 atom stereocenters. The second kappa shape index (κ2) is 8.69. The molecule has 4 aromatic rings. The lowest BCUT2D eigenvalue weighted by Gasteiger charge is -2.28. The Balaban J connectivity index is 1.41. The van der Waals surface area contributed by atoms with E-state index in [0.29, 0.717) is 36.2 Å². The molecule has 1 amide bonds. The zero-order valence-electron chi connectivity index (χ0n) is 19.0. The molecule has 35 heavy (non-hydrogen) atoms. The van der Waals surface area contributed by atoms with E-state index in [9.17, 15) is 10.1 Å². The van der Waals surface area contributed by atoms with Crippen LogP contribution in [0.5, 0.6) is 0 Å². The molecule has 0 spiro atoms. The highest BCUT2D eigenvalue weighted by molar-refractivity contribution is 5.96. The first kappa shape index (κ1) is 21.1. The van der Waals surface area contributed by atoms with Crippen molar-refractivity contribution in [3.05, 3.63) is 72.1 Å². The first-order valence-corrected chi connectivity index (χ1v) is 11.7. The van der Waals surface area contributed by atoms with Crippen molar-refractivity contribution in [2.24, 2.45) is 0 Å². The molecule has 0 radical (unpaired) electrons. The summed E-state index contributed by atoms with van der Waals surface area (Å²) in [6, 6.07) is 18.0. The third-order valence-electron chi connectivity index (χ3n) is 6.42. The smallest absolute Gasteiger partial charge is 0.239 e. The fourth-order valence-electron chi connectivity index (χ4n) is 4.50. The molecule has 1 saturated heterocycles. The minimum Gasteiger partial charge on any atom is -0.353 e. The minimum atomic E-state index is 0.00908. The molecular weight excluding hydrogens is 438 g/mol. The summed E-state index contributed by atoms with van der Waals surface area (Å²) in [5, 5.41) is 17.4. The minimum absolute atomic E-state index is 0.00908. The van der Waals surface area contributed by atoms with Crippen LogP contribution in [-0.4, -0.2) is 40.5 Å². The van der Waals surface area contributed by atoms with Crippen molar-refractivity contribution in [1.29, 1.82) is 5.26 Å². The highest BCUT2D eigenvalue weighted by Gasteiger charge is 2.25. The Morgan fingerprint density at radius 2 is 1.91 bits per heavy atom. The number of carbonyl (C=O) groups is 1. The van der Waals surface area contributed by atoms with Gasteiger partial charge < -0.3 is 15.5 Å². The Morgan fingerprint density at radius 1 is 1.03 bits per heavy atom. The van der Waals surface area contributed by atoms with Crippen LogP contribution in [0.15, 0.2) is 60.9 Å². The number of nitrogens with zero attached hydrogens (tertiary/aromatic N) is 5. The number of pyridine rings is 3. The van der Waals surface area contributed by atoms with Gasteiger partial charge in [0.1, 0.15) is 17.5 Å². The van der Waals surface area contributed by atoms with Crippen molar-refractivity contribution in [2.45, 2.75) is 18.8 Å². The molecule has 1 aromatic carbocycles. The van der Waals surface area contributed by atoms with Crippen LogP contribution < -0.4 is 15.5 Å². The summed E-state index contributed by atoms with van der Waals surface area (Å²) in [5.41, 5.74) is 3.63. The Morgan fingerprint density at radius 3 is 2.74 bits per heavy atom. The number of aromatic nitrogens is 3. The van der Waals surface area contributed by atoms with Crippen molar-refractivity contribution in [1.82, 2.24) is 20.3 Å². The molecule has 2 aliphatic rings. The van der Waals surface area contributed by atoms with Gasteiger partial charge in [-0.25, -0.2) is 15.0 Å². The first-order valence-electron chi connectivity index (χ1n) is 11.7. The van der Waals surface area contributed by atoms with Gasteiger partial charge in [0.15, 0.2) is 0 Å². The van der Waals surface area contributed by atoms with E-state index in [2.05, 4.69) is 57.0 Å². The molecule has 2 N–H and O–H groups in total. The second-order valence-electron chi connectivity index (χ2n) is 8.95. The van der Waals surface area contributed by atoms with Gasteiger partial charge >= 0.3 is 0 Å². The third kappa shape index (κ3) is 4.36. The second-order valence-corrected chi connectivity index (χ2v) is 8.95. The van der Waals surface area contributed by atoms with Crippen LogP contribution in [0, 0.1) is 11.3 Å². The molecule has 1 saturated carbocycles. The Kier molecular flexibility index (Phi) is 5.23. The number of anilines is 3. The number of hydrogen-bond donors (Lipinski definition) is 2. The Bertz CT molecular complexity index is 1490. The summed E-state index contributed by atoms with van der Waals surface area (Å²) < 4.78 is 0. The van der Waals surface area contributed by atoms with Crippen LogP contribution in [0.4, 0.5) is 17.5 Å². The van der Waals surface area contributed by atoms with Gasteiger partial charge in [0, 0.05) is 36.4 Å².